The smallest absolute Gasteiger partial charge is 0.250 e. The Morgan fingerprint density at radius 1 is 1.03 bits per heavy atom. The Morgan fingerprint density at radius 3 is 2.47 bits per heavy atom. The first kappa shape index (κ1) is 25.6. The molecule has 1 amide bonds. The van der Waals surface area contributed by atoms with Crippen molar-refractivity contribution in [3.8, 4) is 5.69 Å². The number of ether oxygens (including phenoxy) is 1. The number of nitrogens with zero attached hydrogens (tertiary/aromatic N) is 3. The summed E-state index contributed by atoms with van der Waals surface area (Å²) >= 11 is 5.93. The topological polar surface area (TPSA) is 71.4 Å². The van der Waals surface area contributed by atoms with E-state index >= 15 is 0 Å². The molecule has 1 aliphatic rings. The van der Waals surface area contributed by atoms with E-state index in [1.54, 1.807) is 0 Å². The number of carbonyl (C=O) groups is 1. The largest absolute Gasteiger partial charge is 0.375 e. The fraction of sp³-hybridized carbons (Fsp3) is 0.233. The van der Waals surface area contributed by atoms with Crippen LogP contribution in [-0.2, 0) is 9.53 Å². The molecule has 0 aliphatic carbocycles. The number of thiocarbonyl (C=S) groups is 1. The average Bonchev–Trinajstić information content (AvgIpc) is 3.41. The van der Waals surface area contributed by atoms with E-state index in [1.807, 2.05) is 49.5 Å². The van der Waals surface area contributed by atoms with E-state index in [2.05, 4.69) is 75.3 Å². The SMILES string of the molecule is COCC(=O)Nc1ccc(N2C(=S)N[C@H](c3ccccn3)[C@H]2c2cc(C)n(-c3ccccc3)c2C)cc1C. The molecule has 2 atom stereocenters. The van der Waals surface area contributed by atoms with Gasteiger partial charge < -0.3 is 24.8 Å². The molecule has 38 heavy (non-hydrogen) atoms. The first-order chi connectivity index (χ1) is 18.4. The maximum Gasteiger partial charge on any atom is 0.250 e. The summed E-state index contributed by atoms with van der Waals surface area (Å²) < 4.78 is 7.23. The highest BCUT2D eigenvalue weighted by molar-refractivity contribution is 7.80. The molecule has 7 nitrogen and oxygen atoms in total. The highest BCUT2D eigenvalue weighted by Gasteiger charge is 2.42. The van der Waals surface area contributed by atoms with Gasteiger partial charge in [-0.15, -0.1) is 0 Å². The fourth-order valence-electron chi connectivity index (χ4n) is 5.27. The van der Waals surface area contributed by atoms with Crippen molar-refractivity contribution in [1.82, 2.24) is 14.9 Å². The molecule has 0 bridgehead atoms. The third-order valence-electron chi connectivity index (χ3n) is 6.94. The predicted octanol–water partition coefficient (Wildman–Crippen LogP) is 5.56. The van der Waals surface area contributed by atoms with Crippen LogP contribution in [0.4, 0.5) is 11.4 Å². The van der Waals surface area contributed by atoms with Gasteiger partial charge in [-0.2, -0.15) is 0 Å². The van der Waals surface area contributed by atoms with E-state index in [0.29, 0.717) is 5.11 Å². The molecule has 194 valence electrons. The van der Waals surface area contributed by atoms with Gasteiger partial charge in [0.1, 0.15) is 6.61 Å². The van der Waals surface area contributed by atoms with Crippen molar-refractivity contribution >= 4 is 34.6 Å². The van der Waals surface area contributed by atoms with Gasteiger partial charge in [-0.1, -0.05) is 24.3 Å². The molecule has 0 unspecified atom stereocenters. The number of hydrogen-bond donors (Lipinski definition) is 2. The monoisotopic (exact) mass is 525 g/mol. The molecule has 3 heterocycles. The Morgan fingerprint density at radius 2 is 1.79 bits per heavy atom. The Balaban J connectivity index is 1.60. The zero-order chi connectivity index (χ0) is 26.8. The fourth-order valence-corrected chi connectivity index (χ4v) is 5.61. The highest BCUT2D eigenvalue weighted by Crippen LogP contribution is 2.44. The van der Waals surface area contributed by atoms with Crippen LogP contribution in [-0.4, -0.2) is 34.3 Å². The lowest BCUT2D eigenvalue weighted by Gasteiger charge is -2.29. The maximum atomic E-state index is 12.1. The number of anilines is 2. The number of rotatable bonds is 7. The van der Waals surface area contributed by atoms with Gasteiger partial charge in [-0.25, -0.2) is 0 Å². The lowest BCUT2D eigenvalue weighted by molar-refractivity contribution is -0.119. The minimum absolute atomic E-state index is 0.00613. The summed E-state index contributed by atoms with van der Waals surface area (Å²) in [7, 11) is 1.50. The normalized spacial score (nSPS) is 16.9. The summed E-state index contributed by atoms with van der Waals surface area (Å²) in [6.07, 6.45) is 1.81. The van der Waals surface area contributed by atoms with Crippen LogP contribution in [0.2, 0.25) is 0 Å². The summed E-state index contributed by atoms with van der Waals surface area (Å²) in [5.41, 5.74) is 8.13. The van der Waals surface area contributed by atoms with Gasteiger partial charge in [0.2, 0.25) is 5.91 Å². The van der Waals surface area contributed by atoms with E-state index in [-0.39, 0.29) is 24.6 Å². The lowest BCUT2D eigenvalue weighted by atomic mass is 9.96. The molecule has 0 radical (unpaired) electrons. The number of aromatic nitrogens is 2. The van der Waals surface area contributed by atoms with E-state index < -0.39 is 0 Å². The molecule has 2 N–H and O–H groups in total. The van der Waals surface area contributed by atoms with Gasteiger partial charge in [-0.05, 0) is 92.6 Å². The van der Waals surface area contributed by atoms with Crippen molar-refractivity contribution in [2.75, 3.05) is 23.9 Å². The summed E-state index contributed by atoms with van der Waals surface area (Å²) in [5.74, 6) is -0.192. The second-order valence-corrected chi connectivity index (χ2v) is 9.86. The summed E-state index contributed by atoms with van der Waals surface area (Å²) in [5, 5.41) is 7.09. The number of benzene rings is 2. The molecule has 1 aliphatic heterocycles. The second kappa shape index (κ2) is 10.8. The molecule has 2 aromatic carbocycles. The zero-order valence-electron chi connectivity index (χ0n) is 21.9. The molecule has 0 spiro atoms. The Hall–Kier alpha value is -4.01. The van der Waals surface area contributed by atoms with Crippen LogP contribution in [0.15, 0.2) is 79.0 Å². The van der Waals surface area contributed by atoms with E-state index in [4.69, 9.17) is 17.0 Å². The quantitative estimate of drug-likeness (QED) is 0.308. The number of nitrogens with one attached hydrogen (secondary N) is 2. The van der Waals surface area contributed by atoms with Crippen molar-refractivity contribution in [1.29, 1.82) is 0 Å². The Labute approximate surface area is 228 Å². The molecule has 0 saturated carbocycles. The lowest BCUT2D eigenvalue weighted by Crippen LogP contribution is -2.29. The number of hydrogen-bond acceptors (Lipinski definition) is 4. The van der Waals surface area contributed by atoms with E-state index in [0.717, 1.165) is 39.7 Å². The van der Waals surface area contributed by atoms with Gasteiger partial charge in [0.05, 0.1) is 17.8 Å². The minimum Gasteiger partial charge on any atom is -0.375 e. The number of para-hydroxylation sites is 1. The Kier molecular flexibility index (Phi) is 7.26. The zero-order valence-corrected chi connectivity index (χ0v) is 22.8. The first-order valence-corrected chi connectivity index (χ1v) is 12.9. The van der Waals surface area contributed by atoms with Crippen LogP contribution >= 0.6 is 12.2 Å². The third kappa shape index (κ3) is 4.80. The summed E-state index contributed by atoms with van der Waals surface area (Å²) in [6, 6.07) is 24.3. The van der Waals surface area contributed by atoms with E-state index in [9.17, 15) is 4.79 Å². The van der Waals surface area contributed by atoms with Crippen LogP contribution in [0.1, 0.15) is 40.3 Å². The standard InChI is InChI=1S/C30H31N5O2S/c1-19-16-23(13-14-25(19)32-27(36)18-37-4)35-29(28(33-30(35)38)26-12-8-9-15-31-26)24-17-20(2)34(21(24)3)22-10-6-5-7-11-22/h5-17,28-29H,18H2,1-4H3,(H,32,36)(H,33,38)/t28-,29-/m1/s1. The number of methoxy groups -OCH3 is 1. The van der Waals surface area contributed by atoms with Crippen molar-refractivity contribution < 1.29 is 9.53 Å². The van der Waals surface area contributed by atoms with Crippen molar-refractivity contribution in [2.45, 2.75) is 32.9 Å². The molecule has 5 rings (SSSR count). The molecule has 2 aromatic heterocycles. The van der Waals surface area contributed by atoms with Crippen molar-refractivity contribution in [3.05, 3.63) is 107 Å². The number of amides is 1. The van der Waals surface area contributed by atoms with Gasteiger partial charge in [-0.3, -0.25) is 9.78 Å². The van der Waals surface area contributed by atoms with Crippen molar-refractivity contribution in [3.63, 3.8) is 0 Å². The molecule has 1 saturated heterocycles. The minimum atomic E-state index is -0.192. The van der Waals surface area contributed by atoms with E-state index in [1.165, 1.54) is 12.7 Å². The number of carbonyl (C=O) groups excluding carboxylic acids is 1. The van der Waals surface area contributed by atoms with Gasteiger partial charge in [0.15, 0.2) is 5.11 Å². The maximum absolute atomic E-state index is 12.1. The highest BCUT2D eigenvalue weighted by atomic mass is 32.1. The average molecular weight is 526 g/mol. The first-order valence-electron chi connectivity index (χ1n) is 12.5. The van der Waals surface area contributed by atoms with Crippen LogP contribution in [0, 0.1) is 20.8 Å². The van der Waals surface area contributed by atoms with Crippen LogP contribution in [0.3, 0.4) is 0 Å². The summed E-state index contributed by atoms with van der Waals surface area (Å²) in [6.45, 7) is 6.27. The molecular weight excluding hydrogens is 494 g/mol. The predicted molar refractivity (Wildman–Crippen MR) is 155 cm³/mol. The van der Waals surface area contributed by atoms with Gasteiger partial charge in [0, 0.05) is 41.8 Å². The number of aryl methyl sites for hydroxylation is 2. The van der Waals surface area contributed by atoms with Crippen LogP contribution < -0.4 is 15.5 Å². The second-order valence-electron chi connectivity index (χ2n) is 9.47. The number of pyridine rings is 1. The molecular formula is C30H31N5O2S. The molecule has 4 aromatic rings. The molecule has 1 fully saturated rings. The van der Waals surface area contributed by atoms with Gasteiger partial charge in [0.25, 0.3) is 0 Å². The summed E-state index contributed by atoms with van der Waals surface area (Å²) in [4.78, 5) is 18.9. The van der Waals surface area contributed by atoms with Crippen LogP contribution in [0.5, 0.6) is 0 Å². The Bertz CT molecular complexity index is 1470. The van der Waals surface area contributed by atoms with Gasteiger partial charge >= 0.3 is 0 Å². The van der Waals surface area contributed by atoms with Crippen molar-refractivity contribution in [2.24, 2.45) is 0 Å². The third-order valence-corrected chi connectivity index (χ3v) is 7.25. The van der Waals surface area contributed by atoms with Crippen LogP contribution in [0.25, 0.3) is 5.69 Å². The molecule has 8 heteroatoms.